The standard InChI is InChI=1S/C22H19N3O2S2/c1-3-11-25(16-7-5-4-6-8-16)19(26)12-24-14-23-21-20(22(24)27)17(13-28-21)18-10-9-15(2)29-18/h3-10,13-14H,1,11-12H2,2H3. The Morgan fingerprint density at radius 2 is 2.03 bits per heavy atom. The van der Waals surface area contributed by atoms with Gasteiger partial charge in [0.05, 0.1) is 11.7 Å². The summed E-state index contributed by atoms with van der Waals surface area (Å²) in [4.78, 5) is 35.1. The van der Waals surface area contributed by atoms with Crippen molar-refractivity contribution < 1.29 is 4.79 Å². The molecule has 4 aromatic rings. The maximum Gasteiger partial charge on any atom is 0.263 e. The maximum absolute atomic E-state index is 13.2. The molecule has 29 heavy (non-hydrogen) atoms. The Morgan fingerprint density at radius 1 is 1.24 bits per heavy atom. The van der Waals surface area contributed by atoms with E-state index in [1.165, 1.54) is 27.1 Å². The number of aromatic nitrogens is 2. The first-order valence-corrected chi connectivity index (χ1v) is 10.8. The summed E-state index contributed by atoms with van der Waals surface area (Å²) in [6.45, 7) is 6.07. The van der Waals surface area contributed by atoms with Crippen molar-refractivity contribution in [2.75, 3.05) is 11.4 Å². The fourth-order valence-electron chi connectivity index (χ4n) is 3.16. The van der Waals surface area contributed by atoms with Crippen LogP contribution in [0.15, 0.2) is 71.6 Å². The predicted octanol–water partition coefficient (Wildman–Crippen LogP) is 4.71. The van der Waals surface area contributed by atoms with Gasteiger partial charge < -0.3 is 4.90 Å². The molecule has 1 aromatic carbocycles. The topological polar surface area (TPSA) is 55.2 Å². The number of amides is 1. The number of anilines is 1. The largest absolute Gasteiger partial charge is 0.307 e. The summed E-state index contributed by atoms with van der Waals surface area (Å²) in [6, 6.07) is 13.4. The summed E-state index contributed by atoms with van der Waals surface area (Å²) in [6.07, 6.45) is 3.13. The van der Waals surface area contributed by atoms with Crippen molar-refractivity contribution in [3.63, 3.8) is 0 Å². The number of rotatable bonds is 6. The number of fused-ring (bicyclic) bond motifs is 1. The molecule has 146 valence electrons. The third-order valence-electron chi connectivity index (χ3n) is 4.55. The van der Waals surface area contributed by atoms with Crippen molar-refractivity contribution in [1.29, 1.82) is 0 Å². The molecule has 0 saturated heterocycles. The lowest BCUT2D eigenvalue weighted by Gasteiger charge is -2.21. The lowest BCUT2D eigenvalue weighted by molar-refractivity contribution is -0.119. The van der Waals surface area contributed by atoms with Gasteiger partial charge in [-0.3, -0.25) is 14.2 Å². The molecule has 0 spiro atoms. The molecular weight excluding hydrogens is 402 g/mol. The second-order valence-corrected chi connectivity index (χ2v) is 8.69. The Balaban J connectivity index is 1.71. The van der Waals surface area contributed by atoms with Crippen LogP contribution < -0.4 is 10.5 Å². The van der Waals surface area contributed by atoms with Gasteiger partial charge in [0.1, 0.15) is 11.4 Å². The number of nitrogens with zero attached hydrogens (tertiary/aromatic N) is 3. The highest BCUT2D eigenvalue weighted by molar-refractivity contribution is 7.19. The molecular formula is C22H19N3O2S2. The van der Waals surface area contributed by atoms with Crippen molar-refractivity contribution >= 4 is 44.5 Å². The van der Waals surface area contributed by atoms with E-state index >= 15 is 0 Å². The van der Waals surface area contributed by atoms with Crippen LogP contribution in [0.1, 0.15) is 4.88 Å². The van der Waals surface area contributed by atoms with Crippen LogP contribution in [0.5, 0.6) is 0 Å². The van der Waals surface area contributed by atoms with Crippen LogP contribution in [0.4, 0.5) is 5.69 Å². The number of para-hydroxylation sites is 1. The first-order chi connectivity index (χ1) is 14.1. The van der Waals surface area contributed by atoms with Crippen molar-refractivity contribution in [2.24, 2.45) is 0 Å². The highest BCUT2D eigenvalue weighted by atomic mass is 32.1. The summed E-state index contributed by atoms with van der Waals surface area (Å²) >= 11 is 3.09. The minimum absolute atomic E-state index is 0.0801. The molecule has 0 aliphatic rings. The molecule has 3 aromatic heterocycles. The van der Waals surface area contributed by atoms with E-state index in [0.29, 0.717) is 16.8 Å². The number of hydrogen-bond donors (Lipinski definition) is 0. The zero-order chi connectivity index (χ0) is 20.4. The molecule has 3 heterocycles. The molecule has 1 amide bonds. The molecule has 0 N–H and O–H groups in total. The molecule has 7 heteroatoms. The highest BCUT2D eigenvalue weighted by Crippen LogP contribution is 2.34. The van der Waals surface area contributed by atoms with Crippen LogP contribution >= 0.6 is 22.7 Å². The van der Waals surface area contributed by atoms with Gasteiger partial charge in [-0.15, -0.1) is 29.3 Å². The summed E-state index contributed by atoms with van der Waals surface area (Å²) in [7, 11) is 0. The van der Waals surface area contributed by atoms with Crippen LogP contribution in [0.25, 0.3) is 20.7 Å². The Kier molecular flexibility index (Phi) is 5.42. The number of carbonyl (C=O) groups excluding carboxylic acids is 1. The Bertz CT molecular complexity index is 1240. The molecule has 0 fully saturated rings. The van der Waals surface area contributed by atoms with Gasteiger partial charge in [0.15, 0.2) is 0 Å². The lowest BCUT2D eigenvalue weighted by Crippen LogP contribution is -2.36. The fraction of sp³-hybridized carbons (Fsp3) is 0.136. The molecule has 0 aliphatic carbocycles. The molecule has 0 aliphatic heterocycles. The van der Waals surface area contributed by atoms with E-state index in [1.54, 1.807) is 22.3 Å². The summed E-state index contributed by atoms with van der Waals surface area (Å²) in [5, 5.41) is 2.53. The van der Waals surface area contributed by atoms with Crippen LogP contribution in [0.2, 0.25) is 0 Å². The predicted molar refractivity (Wildman–Crippen MR) is 121 cm³/mol. The molecule has 5 nitrogen and oxygen atoms in total. The normalized spacial score (nSPS) is 10.9. The molecule has 0 saturated carbocycles. The molecule has 0 atom stereocenters. The molecule has 0 bridgehead atoms. The number of thiophene rings is 2. The SMILES string of the molecule is C=CCN(C(=O)Cn1cnc2scc(-c3ccc(C)s3)c2c1=O)c1ccccc1. The molecule has 0 unspecified atom stereocenters. The van der Waals surface area contributed by atoms with E-state index in [1.807, 2.05) is 54.8 Å². The zero-order valence-corrected chi connectivity index (χ0v) is 17.5. The van der Waals surface area contributed by atoms with Crippen molar-refractivity contribution in [1.82, 2.24) is 9.55 Å². The summed E-state index contributed by atoms with van der Waals surface area (Å²) in [5.41, 5.74) is 1.45. The minimum Gasteiger partial charge on any atom is -0.307 e. The van der Waals surface area contributed by atoms with Gasteiger partial charge in [0.25, 0.3) is 5.56 Å². The Morgan fingerprint density at radius 3 is 2.72 bits per heavy atom. The highest BCUT2D eigenvalue weighted by Gasteiger charge is 2.19. The monoisotopic (exact) mass is 421 g/mol. The summed E-state index contributed by atoms with van der Waals surface area (Å²) in [5.74, 6) is -0.192. The Hall–Kier alpha value is -3.03. The van der Waals surface area contributed by atoms with Crippen molar-refractivity contribution in [3.05, 3.63) is 82.1 Å². The first kappa shape index (κ1) is 19.3. The molecule has 0 radical (unpaired) electrons. The average molecular weight is 422 g/mol. The van der Waals surface area contributed by atoms with Crippen LogP contribution in [-0.4, -0.2) is 22.0 Å². The van der Waals surface area contributed by atoms with E-state index < -0.39 is 0 Å². The summed E-state index contributed by atoms with van der Waals surface area (Å²) < 4.78 is 1.39. The van der Waals surface area contributed by atoms with Crippen LogP contribution in [0, 0.1) is 6.92 Å². The van der Waals surface area contributed by atoms with Crippen molar-refractivity contribution in [3.8, 4) is 10.4 Å². The third kappa shape index (κ3) is 3.79. The van der Waals surface area contributed by atoms with E-state index in [2.05, 4.69) is 11.6 Å². The number of carbonyl (C=O) groups is 1. The first-order valence-electron chi connectivity index (χ1n) is 9.08. The second kappa shape index (κ2) is 8.14. The van der Waals surface area contributed by atoms with E-state index in [0.717, 1.165) is 16.1 Å². The third-order valence-corrected chi connectivity index (χ3v) is 6.47. The minimum atomic E-state index is -0.197. The molecule has 4 rings (SSSR count). The smallest absolute Gasteiger partial charge is 0.263 e. The lowest BCUT2D eigenvalue weighted by atomic mass is 10.2. The van der Waals surface area contributed by atoms with Gasteiger partial charge in [-0.1, -0.05) is 24.3 Å². The van der Waals surface area contributed by atoms with Crippen LogP contribution in [0.3, 0.4) is 0 Å². The van der Waals surface area contributed by atoms with E-state index in [9.17, 15) is 9.59 Å². The maximum atomic E-state index is 13.2. The van der Waals surface area contributed by atoms with Gasteiger partial charge in [0, 0.05) is 32.9 Å². The number of benzene rings is 1. The van der Waals surface area contributed by atoms with Crippen LogP contribution in [-0.2, 0) is 11.3 Å². The number of aryl methyl sites for hydroxylation is 1. The fourth-order valence-corrected chi connectivity index (χ4v) is 5.02. The quantitative estimate of drug-likeness (QED) is 0.424. The van der Waals surface area contributed by atoms with Gasteiger partial charge >= 0.3 is 0 Å². The van der Waals surface area contributed by atoms with Gasteiger partial charge in [-0.25, -0.2) is 4.98 Å². The van der Waals surface area contributed by atoms with Gasteiger partial charge in [-0.05, 0) is 31.2 Å². The second-order valence-electron chi connectivity index (χ2n) is 6.55. The van der Waals surface area contributed by atoms with Crippen molar-refractivity contribution in [2.45, 2.75) is 13.5 Å². The zero-order valence-electron chi connectivity index (χ0n) is 15.9. The van der Waals surface area contributed by atoms with Gasteiger partial charge in [-0.2, -0.15) is 0 Å². The number of hydrogen-bond acceptors (Lipinski definition) is 5. The van der Waals surface area contributed by atoms with E-state index in [4.69, 9.17) is 0 Å². The average Bonchev–Trinajstić information content (AvgIpc) is 3.35. The Labute approximate surface area is 176 Å². The van der Waals surface area contributed by atoms with Gasteiger partial charge in [0.2, 0.25) is 5.91 Å². The van der Waals surface area contributed by atoms with E-state index in [-0.39, 0.29) is 18.0 Å².